The lowest BCUT2D eigenvalue weighted by Crippen LogP contribution is -2.54. The van der Waals surface area contributed by atoms with Crippen molar-refractivity contribution in [2.45, 2.75) is 25.4 Å². The fourth-order valence-electron chi connectivity index (χ4n) is 2.41. The molecule has 0 spiro atoms. The molecule has 7 heteroatoms. The number of nitrogens with one attached hydrogen (secondary N) is 2. The zero-order valence-corrected chi connectivity index (χ0v) is 15.1. The van der Waals surface area contributed by atoms with Crippen LogP contribution in [0.3, 0.4) is 0 Å². The van der Waals surface area contributed by atoms with Crippen molar-refractivity contribution in [3.63, 3.8) is 0 Å². The molecule has 0 aliphatic carbocycles. The first-order chi connectivity index (χ1) is 12.9. The summed E-state index contributed by atoms with van der Waals surface area (Å²) in [7, 11) is 1.55. The van der Waals surface area contributed by atoms with E-state index >= 15 is 0 Å². The van der Waals surface area contributed by atoms with Gasteiger partial charge in [0.25, 0.3) is 5.91 Å². The number of benzene rings is 2. The Hall–Kier alpha value is -3.35. The summed E-state index contributed by atoms with van der Waals surface area (Å²) < 4.78 is 5.10. The molecule has 0 radical (unpaired) electrons. The van der Waals surface area contributed by atoms with E-state index in [1.165, 1.54) is 6.92 Å². The van der Waals surface area contributed by atoms with Crippen molar-refractivity contribution in [3.8, 4) is 5.75 Å². The predicted octanol–water partition coefficient (Wildman–Crippen LogP) is 0.291. The molecule has 2 unspecified atom stereocenters. The lowest BCUT2D eigenvalue weighted by Gasteiger charge is -2.22. The minimum Gasteiger partial charge on any atom is -0.548 e. The first kappa shape index (κ1) is 20.0. The molecule has 0 heterocycles. The van der Waals surface area contributed by atoms with Gasteiger partial charge in [0.15, 0.2) is 0 Å². The third kappa shape index (κ3) is 5.85. The highest BCUT2D eigenvalue weighted by Crippen LogP contribution is 2.13. The van der Waals surface area contributed by atoms with Crippen LogP contribution in [-0.2, 0) is 16.0 Å². The van der Waals surface area contributed by atoms with Crippen LogP contribution in [0.2, 0.25) is 0 Å². The monoisotopic (exact) mass is 369 g/mol. The number of rotatable bonds is 8. The van der Waals surface area contributed by atoms with Crippen LogP contribution < -0.4 is 20.5 Å². The number of amides is 2. The highest BCUT2D eigenvalue weighted by atomic mass is 16.5. The summed E-state index contributed by atoms with van der Waals surface area (Å²) >= 11 is 0. The average Bonchev–Trinajstić information content (AvgIpc) is 2.68. The fourth-order valence-corrected chi connectivity index (χ4v) is 2.41. The van der Waals surface area contributed by atoms with Crippen LogP contribution >= 0.6 is 0 Å². The number of carboxylic acid groups (broad SMARTS) is 1. The highest BCUT2D eigenvalue weighted by Gasteiger charge is 2.23. The minimum absolute atomic E-state index is 0.189. The van der Waals surface area contributed by atoms with E-state index in [0.29, 0.717) is 11.3 Å². The minimum atomic E-state index is -1.40. The van der Waals surface area contributed by atoms with Gasteiger partial charge in [-0.25, -0.2) is 0 Å². The molecular weight excluding hydrogens is 348 g/mol. The van der Waals surface area contributed by atoms with Crippen molar-refractivity contribution in [2.75, 3.05) is 7.11 Å². The Morgan fingerprint density at radius 1 is 1.00 bits per heavy atom. The van der Waals surface area contributed by atoms with Gasteiger partial charge >= 0.3 is 0 Å². The van der Waals surface area contributed by atoms with Gasteiger partial charge in [-0.1, -0.05) is 30.3 Å². The van der Waals surface area contributed by atoms with Crippen LogP contribution in [0.1, 0.15) is 22.8 Å². The summed E-state index contributed by atoms with van der Waals surface area (Å²) in [6.07, 6.45) is 0.189. The van der Waals surface area contributed by atoms with E-state index in [-0.39, 0.29) is 6.42 Å². The first-order valence-corrected chi connectivity index (χ1v) is 8.40. The Kier molecular flexibility index (Phi) is 6.93. The predicted molar refractivity (Wildman–Crippen MR) is 97.0 cm³/mol. The summed E-state index contributed by atoms with van der Waals surface area (Å²) in [4.78, 5) is 35.8. The number of ether oxygens (including phenoxy) is 1. The smallest absolute Gasteiger partial charge is 0.251 e. The van der Waals surface area contributed by atoms with Gasteiger partial charge in [-0.3, -0.25) is 9.59 Å². The molecule has 2 aromatic rings. The van der Waals surface area contributed by atoms with Crippen molar-refractivity contribution in [3.05, 3.63) is 65.7 Å². The number of hydrogen-bond donors (Lipinski definition) is 2. The second-order valence-corrected chi connectivity index (χ2v) is 5.99. The summed E-state index contributed by atoms with van der Waals surface area (Å²) in [5.74, 6) is -1.77. The zero-order valence-electron chi connectivity index (χ0n) is 15.1. The first-order valence-electron chi connectivity index (χ1n) is 8.40. The van der Waals surface area contributed by atoms with Gasteiger partial charge in [-0.05, 0) is 36.8 Å². The Morgan fingerprint density at radius 2 is 1.63 bits per heavy atom. The maximum atomic E-state index is 12.5. The molecule has 2 N–H and O–H groups in total. The molecule has 0 saturated carbocycles. The van der Waals surface area contributed by atoms with Crippen molar-refractivity contribution >= 4 is 17.8 Å². The van der Waals surface area contributed by atoms with Crippen molar-refractivity contribution in [2.24, 2.45) is 0 Å². The third-order valence-corrected chi connectivity index (χ3v) is 3.97. The maximum absolute atomic E-state index is 12.5. The van der Waals surface area contributed by atoms with E-state index in [4.69, 9.17) is 4.74 Å². The third-order valence-electron chi connectivity index (χ3n) is 3.97. The van der Waals surface area contributed by atoms with Gasteiger partial charge in [0.2, 0.25) is 5.91 Å². The molecule has 2 atom stereocenters. The van der Waals surface area contributed by atoms with Crippen LogP contribution in [0.25, 0.3) is 0 Å². The molecular formula is C20H21N2O5-. The number of carbonyl (C=O) groups is 3. The Balaban J connectivity index is 2.17. The number of methoxy groups -OCH3 is 1. The molecule has 0 aromatic heterocycles. The van der Waals surface area contributed by atoms with Gasteiger partial charge < -0.3 is 25.3 Å². The summed E-state index contributed by atoms with van der Waals surface area (Å²) in [5, 5.41) is 15.9. The summed E-state index contributed by atoms with van der Waals surface area (Å²) in [6, 6.07) is 13.4. The lowest BCUT2D eigenvalue weighted by molar-refractivity contribution is -0.307. The van der Waals surface area contributed by atoms with Crippen LogP contribution in [0.4, 0.5) is 0 Å². The van der Waals surface area contributed by atoms with E-state index in [9.17, 15) is 19.5 Å². The molecule has 2 amide bonds. The number of hydrogen-bond acceptors (Lipinski definition) is 5. The molecule has 0 aliphatic heterocycles. The normalized spacial score (nSPS) is 12.5. The van der Waals surface area contributed by atoms with Gasteiger partial charge in [0.05, 0.1) is 19.1 Å². The van der Waals surface area contributed by atoms with Crippen molar-refractivity contribution < 1.29 is 24.2 Å². The average molecular weight is 369 g/mol. The fraction of sp³-hybridized carbons (Fsp3) is 0.250. The molecule has 2 rings (SSSR count). The van der Waals surface area contributed by atoms with Gasteiger partial charge in [0, 0.05) is 12.0 Å². The van der Waals surface area contributed by atoms with Crippen molar-refractivity contribution in [1.29, 1.82) is 0 Å². The second-order valence-electron chi connectivity index (χ2n) is 5.99. The molecule has 0 bridgehead atoms. The second kappa shape index (κ2) is 9.38. The number of aliphatic carboxylic acids is 1. The van der Waals surface area contributed by atoms with Gasteiger partial charge in [0.1, 0.15) is 11.8 Å². The molecule has 27 heavy (non-hydrogen) atoms. The Bertz CT molecular complexity index is 790. The van der Waals surface area contributed by atoms with E-state index in [1.807, 2.05) is 0 Å². The van der Waals surface area contributed by atoms with E-state index < -0.39 is 29.9 Å². The number of carboxylic acids is 1. The van der Waals surface area contributed by atoms with Crippen LogP contribution in [0.5, 0.6) is 5.75 Å². The number of carbonyl (C=O) groups excluding carboxylic acids is 3. The Morgan fingerprint density at radius 3 is 2.19 bits per heavy atom. The van der Waals surface area contributed by atoms with E-state index in [1.54, 1.807) is 61.7 Å². The summed E-state index contributed by atoms with van der Waals surface area (Å²) in [6.45, 7) is 1.30. The summed E-state index contributed by atoms with van der Waals surface area (Å²) in [5.41, 5.74) is 1.18. The SMILES string of the molecule is COc1ccc(CC(NC(=O)c2ccccc2)C(=O)NC(C)C(=O)[O-])cc1. The molecule has 0 aliphatic rings. The van der Waals surface area contributed by atoms with Crippen LogP contribution in [0, 0.1) is 0 Å². The molecule has 7 nitrogen and oxygen atoms in total. The Labute approximate surface area is 157 Å². The lowest BCUT2D eigenvalue weighted by atomic mass is 10.0. The van der Waals surface area contributed by atoms with Crippen molar-refractivity contribution in [1.82, 2.24) is 10.6 Å². The topological polar surface area (TPSA) is 108 Å². The molecule has 0 saturated heterocycles. The van der Waals surface area contributed by atoms with E-state index in [2.05, 4.69) is 10.6 Å². The standard InChI is InChI=1S/C20H22N2O5/c1-13(20(25)26)21-19(24)17(12-14-8-10-16(27-2)11-9-14)22-18(23)15-6-4-3-5-7-15/h3-11,13,17H,12H2,1-2H3,(H,21,24)(H,22,23)(H,25,26)/p-1. The quantitative estimate of drug-likeness (QED) is 0.695. The maximum Gasteiger partial charge on any atom is 0.251 e. The largest absolute Gasteiger partial charge is 0.548 e. The molecule has 142 valence electrons. The van der Waals surface area contributed by atoms with E-state index in [0.717, 1.165) is 5.56 Å². The van der Waals surface area contributed by atoms with Crippen LogP contribution in [-0.4, -0.2) is 37.0 Å². The highest BCUT2D eigenvalue weighted by molar-refractivity contribution is 5.98. The molecule has 2 aromatic carbocycles. The molecule has 0 fully saturated rings. The zero-order chi connectivity index (χ0) is 19.8. The van der Waals surface area contributed by atoms with Gasteiger partial charge in [-0.15, -0.1) is 0 Å². The van der Waals surface area contributed by atoms with Gasteiger partial charge in [-0.2, -0.15) is 0 Å². The van der Waals surface area contributed by atoms with Crippen LogP contribution in [0.15, 0.2) is 54.6 Å².